The number of rotatable bonds is 2. The average molecular weight is 241 g/mol. The van der Waals surface area contributed by atoms with Crippen molar-refractivity contribution in [1.82, 2.24) is 4.98 Å². The van der Waals surface area contributed by atoms with Crippen LogP contribution in [0.3, 0.4) is 0 Å². The second-order valence-corrected chi connectivity index (χ2v) is 5.20. The molecule has 80 valence electrons. The van der Waals surface area contributed by atoms with E-state index in [-0.39, 0.29) is 0 Å². The first-order valence-electron chi connectivity index (χ1n) is 4.88. The molecule has 0 fully saturated rings. The summed E-state index contributed by atoms with van der Waals surface area (Å²) in [5, 5.41) is 1.82. The molecule has 0 aliphatic carbocycles. The molecule has 0 spiro atoms. The Bertz CT molecular complexity index is 505. The normalized spacial score (nSPS) is 11.2. The summed E-state index contributed by atoms with van der Waals surface area (Å²) in [4.78, 5) is 4.46. The average Bonchev–Trinajstić information content (AvgIpc) is 2.57. The number of aryl methyl sites for hydroxylation is 2. The Morgan fingerprint density at radius 2 is 2.20 bits per heavy atom. The highest BCUT2D eigenvalue weighted by Gasteiger charge is 2.11. The summed E-state index contributed by atoms with van der Waals surface area (Å²) in [6.07, 6.45) is 0.885. The summed E-state index contributed by atoms with van der Waals surface area (Å²) >= 11 is 7.91. The molecule has 1 aromatic carbocycles. The van der Waals surface area contributed by atoms with Gasteiger partial charge in [-0.1, -0.05) is 17.7 Å². The molecule has 0 radical (unpaired) electrons. The Morgan fingerprint density at radius 1 is 1.47 bits per heavy atom. The zero-order valence-corrected chi connectivity index (χ0v) is 10.4. The van der Waals surface area contributed by atoms with Crippen molar-refractivity contribution < 1.29 is 0 Å². The van der Waals surface area contributed by atoms with Crippen LogP contribution >= 0.6 is 22.9 Å². The van der Waals surface area contributed by atoms with Crippen LogP contribution in [0.1, 0.15) is 16.1 Å². The van der Waals surface area contributed by atoms with Crippen molar-refractivity contribution in [2.75, 3.05) is 6.54 Å². The maximum atomic E-state index is 6.22. The first kappa shape index (κ1) is 10.9. The van der Waals surface area contributed by atoms with Crippen molar-refractivity contribution in [3.8, 4) is 0 Å². The van der Waals surface area contributed by atoms with E-state index in [1.807, 2.05) is 13.8 Å². The minimum atomic E-state index is 0.660. The predicted molar refractivity (Wildman–Crippen MR) is 66.9 cm³/mol. The number of nitrogens with two attached hydrogens (primary N) is 1. The van der Waals surface area contributed by atoms with Crippen LogP contribution in [-0.2, 0) is 6.42 Å². The highest BCUT2D eigenvalue weighted by molar-refractivity contribution is 7.18. The molecule has 1 aromatic heterocycles. The van der Waals surface area contributed by atoms with Crippen LogP contribution in [0, 0.1) is 13.8 Å². The van der Waals surface area contributed by atoms with Crippen molar-refractivity contribution in [2.24, 2.45) is 5.73 Å². The molecular formula is C11H13ClN2S. The van der Waals surface area contributed by atoms with Gasteiger partial charge in [0.25, 0.3) is 0 Å². The Kier molecular flexibility index (Phi) is 2.96. The van der Waals surface area contributed by atoms with Gasteiger partial charge >= 0.3 is 0 Å². The number of halogens is 1. The smallest absolute Gasteiger partial charge is 0.101 e. The first-order valence-corrected chi connectivity index (χ1v) is 6.08. The summed E-state index contributed by atoms with van der Waals surface area (Å²) in [6.45, 7) is 4.67. The topological polar surface area (TPSA) is 38.9 Å². The fourth-order valence-electron chi connectivity index (χ4n) is 1.71. The lowest BCUT2D eigenvalue weighted by molar-refractivity contribution is 0.977. The molecule has 1 heterocycles. The third-order valence-corrected chi connectivity index (χ3v) is 3.91. The lowest BCUT2D eigenvalue weighted by Gasteiger charge is -2.04. The predicted octanol–water partition coefficient (Wildman–Crippen LogP) is 3.07. The fourth-order valence-corrected chi connectivity index (χ4v) is 2.93. The molecule has 2 rings (SSSR count). The van der Waals surface area contributed by atoms with Crippen molar-refractivity contribution in [3.05, 3.63) is 27.2 Å². The van der Waals surface area contributed by atoms with Crippen LogP contribution in [0.15, 0.2) is 6.07 Å². The number of nitrogens with zero attached hydrogens (tertiary/aromatic N) is 1. The minimum Gasteiger partial charge on any atom is -0.330 e. The molecule has 2 aromatic rings. The first-order chi connectivity index (χ1) is 7.13. The van der Waals surface area contributed by atoms with Crippen molar-refractivity contribution in [1.29, 1.82) is 0 Å². The van der Waals surface area contributed by atoms with Crippen LogP contribution in [0.5, 0.6) is 0 Å². The molecule has 0 bridgehead atoms. The fraction of sp³-hybridized carbons (Fsp3) is 0.364. The molecule has 0 saturated heterocycles. The van der Waals surface area contributed by atoms with E-state index in [2.05, 4.69) is 11.1 Å². The van der Waals surface area contributed by atoms with Crippen molar-refractivity contribution in [3.63, 3.8) is 0 Å². The maximum absolute atomic E-state index is 6.22. The Hall–Kier alpha value is -0.640. The summed E-state index contributed by atoms with van der Waals surface area (Å²) < 4.78 is 1.19. The van der Waals surface area contributed by atoms with E-state index in [0.717, 1.165) is 27.5 Å². The van der Waals surface area contributed by atoms with Crippen LogP contribution in [-0.4, -0.2) is 11.5 Å². The van der Waals surface area contributed by atoms with Crippen LogP contribution in [0.25, 0.3) is 10.2 Å². The second-order valence-electron chi connectivity index (χ2n) is 3.62. The van der Waals surface area contributed by atoms with Gasteiger partial charge in [0.2, 0.25) is 0 Å². The van der Waals surface area contributed by atoms with Crippen LogP contribution in [0.2, 0.25) is 5.02 Å². The molecule has 2 nitrogen and oxygen atoms in total. The van der Waals surface area contributed by atoms with Gasteiger partial charge in [0.05, 0.1) is 14.7 Å². The van der Waals surface area contributed by atoms with E-state index in [1.54, 1.807) is 11.3 Å². The quantitative estimate of drug-likeness (QED) is 0.876. The van der Waals surface area contributed by atoms with Gasteiger partial charge in [-0.3, -0.25) is 0 Å². The number of thiazole rings is 1. The lowest BCUT2D eigenvalue weighted by atomic mass is 10.1. The second kappa shape index (κ2) is 4.08. The molecular weight excluding hydrogens is 228 g/mol. The molecule has 0 aliphatic rings. The number of fused-ring (bicyclic) bond motifs is 1. The lowest BCUT2D eigenvalue weighted by Crippen LogP contribution is -2.03. The van der Waals surface area contributed by atoms with E-state index in [9.17, 15) is 0 Å². The number of benzene rings is 1. The van der Waals surface area contributed by atoms with E-state index in [1.165, 1.54) is 10.3 Å². The van der Waals surface area contributed by atoms with Gasteiger partial charge in [-0.05, 0) is 37.9 Å². The molecule has 15 heavy (non-hydrogen) atoms. The van der Waals surface area contributed by atoms with Crippen LogP contribution < -0.4 is 5.73 Å². The molecule has 0 amide bonds. The summed E-state index contributed by atoms with van der Waals surface area (Å²) in [7, 11) is 0. The Morgan fingerprint density at radius 3 is 2.87 bits per heavy atom. The van der Waals surface area contributed by atoms with E-state index in [0.29, 0.717) is 6.54 Å². The zero-order chi connectivity index (χ0) is 11.0. The van der Waals surface area contributed by atoms with Crippen molar-refractivity contribution in [2.45, 2.75) is 20.3 Å². The Balaban J connectivity index is 2.75. The standard InChI is InChI=1S/C11H13ClN2S/c1-6-5-8(3-4-13)11-10(9(6)12)14-7(2)15-11/h5H,3-4,13H2,1-2H3. The maximum Gasteiger partial charge on any atom is 0.101 e. The number of hydrogen-bond acceptors (Lipinski definition) is 3. The molecule has 0 atom stereocenters. The SMILES string of the molecule is Cc1nc2c(Cl)c(C)cc(CCN)c2s1. The highest BCUT2D eigenvalue weighted by Crippen LogP contribution is 2.33. The largest absolute Gasteiger partial charge is 0.330 e. The third-order valence-electron chi connectivity index (χ3n) is 2.38. The molecule has 4 heteroatoms. The summed E-state index contributed by atoms with van der Waals surface area (Å²) in [6, 6.07) is 2.12. The van der Waals surface area contributed by atoms with Crippen LogP contribution in [0.4, 0.5) is 0 Å². The van der Waals surface area contributed by atoms with E-state index < -0.39 is 0 Å². The summed E-state index contributed by atoms with van der Waals surface area (Å²) in [5.41, 5.74) is 8.88. The van der Waals surface area contributed by atoms with Gasteiger partial charge in [0, 0.05) is 0 Å². The molecule has 2 N–H and O–H groups in total. The molecule has 0 saturated carbocycles. The van der Waals surface area contributed by atoms with Crippen molar-refractivity contribution >= 4 is 33.2 Å². The highest BCUT2D eigenvalue weighted by atomic mass is 35.5. The van der Waals surface area contributed by atoms with Gasteiger partial charge in [-0.15, -0.1) is 11.3 Å². The minimum absolute atomic E-state index is 0.660. The Labute approximate surface area is 98.1 Å². The van der Waals surface area contributed by atoms with Gasteiger partial charge in [-0.25, -0.2) is 4.98 Å². The van der Waals surface area contributed by atoms with Gasteiger partial charge in [-0.2, -0.15) is 0 Å². The molecule has 0 unspecified atom stereocenters. The zero-order valence-electron chi connectivity index (χ0n) is 8.80. The molecule has 0 aliphatic heterocycles. The summed E-state index contributed by atoms with van der Waals surface area (Å²) in [5.74, 6) is 0. The van der Waals surface area contributed by atoms with E-state index >= 15 is 0 Å². The number of aromatic nitrogens is 1. The van der Waals surface area contributed by atoms with E-state index in [4.69, 9.17) is 17.3 Å². The van der Waals surface area contributed by atoms with Gasteiger partial charge in [0.15, 0.2) is 0 Å². The third kappa shape index (κ3) is 1.87. The monoisotopic (exact) mass is 240 g/mol. The number of hydrogen-bond donors (Lipinski definition) is 1. The van der Waals surface area contributed by atoms with Gasteiger partial charge < -0.3 is 5.73 Å². The van der Waals surface area contributed by atoms with Gasteiger partial charge in [0.1, 0.15) is 5.52 Å².